The number of carbonyl (C=O) groups excluding carboxylic acids is 1. The minimum absolute atomic E-state index is 0.0264. The molecular formula is C24H29N3O5S. The van der Waals surface area contributed by atoms with Gasteiger partial charge in [0.2, 0.25) is 5.91 Å². The Hall–Kier alpha value is -3.07. The lowest BCUT2D eigenvalue weighted by molar-refractivity contribution is -0.126. The number of aromatic nitrogens is 2. The van der Waals surface area contributed by atoms with E-state index in [9.17, 15) is 14.4 Å². The first-order chi connectivity index (χ1) is 16.0. The number of benzene rings is 1. The number of amides is 1. The Kier molecular flexibility index (Phi) is 7.17. The standard InChI is InChI=1S/C24H29N3O5S/c1-31-19-8-5-15(13-20(19)32-2)9-11-25-22(28)17-6-3-16(4-7-17)14-27-23(29)21-18(10-12-33-21)26-24(27)30/h5,8,10,12-13,16-17H,3-4,6-7,9,11,14H2,1-2H3,(H,25,28)(H,26,30). The Balaban J connectivity index is 1.26. The van der Waals surface area contributed by atoms with Gasteiger partial charge in [0.25, 0.3) is 5.56 Å². The van der Waals surface area contributed by atoms with Gasteiger partial charge in [-0.3, -0.25) is 14.2 Å². The van der Waals surface area contributed by atoms with Crippen molar-refractivity contribution < 1.29 is 14.3 Å². The first kappa shape index (κ1) is 23.1. The number of nitrogens with zero attached hydrogens (tertiary/aromatic N) is 1. The van der Waals surface area contributed by atoms with E-state index in [2.05, 4.69) is 10.3 Å². The van der Waals surface area contributed by atoms with Crippen LogP contribution in [-0.2, 0) is 17.8 Å². The third-order valence-electron chi connectivity index (χ3n) is 6.41. The highest BCUT2D eigenvalue weighted by Crippen LogP contribution is 2.30. The largest absolute Gasteiger partial charge is 0.493 e. The quantitative estimate of drug-likeness (QED) is 0.526. The third kappa shape index (κ3) is 5.13. The Morgan fingerprint density at radius 2 is 1.88 bits per heavy atom. The van der Waals surface area contributed by atoms with E-state index in [1.54, 1.807) is 25.7 Å². The van der Waals surface area contributed by atoms with E-state index in [0.717, 1.165) is 31.2 Å². The van der Waals surface area contributed by atoms with E-state index in [1.807, 2.05) is 18.2 Å². The number of rotatable bonds is 8. The summed E-state index contributed by atoms with van der Waals surface area (Å²) in [5, 5.41) is 4.85. The molecule has 0 spiro atoms. The van der Waals surface area contributed by atoms with Crippen LogP contribution in [-0.4, -0.2) is 36.2 Å². The van der Waals surface area contributed by atoms with Gasteiger partial charge in [-0.15, -0.1) is 11.3 Å². The Labute approximate surface area is 195 Å². The molecule has 176 valence electrons. The predicted octanol–water partition coefficient (Wildman–Crippen LogP) is 2.93. The summed E-state index contributed by atoms with van der Waals surface area (Å²) in [4.78, 5) is 40.4. The van der Waals surface area contributed by atoms with Crippen molar-refractivity contribution in [2.45, 2.75) is 38.6 Å². The first-order valence-corrected chi connectivity index (χ1v) is 12.1. The average Bonchev–Trinajstić information content (AvgIpc) is 3.30. The van der Waals surface area contributed by atoms with Crippen LogP contribution in [0.4, 0.5) is 0 Å². The zero-order valence-electron chi connectivity index (χ0n) is 18.9. The molecule has 0 atom stereocenters. The van der Waals surface area contributed by atoms with Crippen LogP contribution in [0.25, 0.3) is 10.2 Å². The van der Waals surface area contributed by atoms with Crippen LogP contribution in [0.15, 0.2) is 39.2 Å². The van der Waals surface area contributed by atoms with Crippen molar-refractivity contribution in [2.24, 2.45) is 11.8 Å². The van der Waals surface area contributed by atoms with Crippen molar-refractivity contribution in [1.82, 2.24) is 14.9 Å². The van der Waals surface area contributed by atoms with Gasteiger partial charge in [0.05, 0.1) is 19.7 Å². The number of H-pyrrole nitrogens is 1. The summed E-state index contributed by atoms with van der Waals surface area (Å²) >= 11 is 1.34. The molecule has 1 amide bonds. The minimum Gasteiger partial charge on any atom is -0.493 e. The fourth-order valence-corrected chi connectivity index (χ4v) is 5.31. The highest BCUT2D eigenvalue weighted by molar-refractivity contribution is 7.17. The maximum absolute atomic E-state index is 12.6. The lowest BCUT2D eigenvalue weighted by Crippen LogP contribution is -2.39. The van der Waals surface area contributed by atoms with Crippen molar-refractivity contribution in [1.29, 1.82) is 0 Å². The molecule has 3 aromatic rings. The molecule has 4 rings (SSSR count). The summed E-state index contributed by atoms with van der Waals surface area (Å²) < 4.78 is 12.5. The molecule has 9 heteroatoms. The van der Waals surface area contributed by atoms with Gasteiger partial charge in [0.1, 0.15) is 4.70 Å². The van der Waals surface area contributed by atoms with Gasteiger partial charge in [-0.25, -0.2) is 4.79 Å². The summed E-state index contributed by atoms with van der Waals surface area (Å²) in [6, 6.07) is 7.51. The predicted molar refractivity (Wildman–Crippen MR) is 128 cm³/mol. The lowest BCUT2D eigenvalue weighted by Gasteiger charge is -2.28. The van der Waals surface area contributed by atoms with Crippen LogP contribution in [0.1, 0.15) is 31.2 Å². The van der Waals surface area contributed by atoms with Gasteiger partial charge in [-0.1, -0.05) is 6.07 Å². The van der Waals surface area contributed by atoms with Gasteiger partial charge >= 0.3 is 5.69 Å². The van der Waals surface area contributed by atoms with Crippen LogP contribution in [0.5, 0.6) is 11.5 Å². The summed E-state index contributed by atoms with van der Waals surface area (Å²) in [5.74, 6) is 1.62. The molecule has 1 aliphatic carbocycles. The van der Waals surface area contributed by atoms with Crippen LogP contribution in [0.2, 0.25) is 0 Å². The van der Waals surface area contributed by atoms with E-state index >= 15 is 0 Å². The number of hydrogen-bond acceptors (Lipinski definition) is 6. The van der Waals surface area contributed by atoms with Gasteiger partial charge < -0.3 is 19.8 Å². The molecule has 1 fully saturated rings. The minimum atomic E-state index is -0.360. The van der Waals surface area contributed by atoms with Crippen molar-refractivity contribution >= 4 is 27.5 Å². The fraction of sp³-hybridized carbons (Fsp3) is 0.458. The maximum atomic E-state index is 12.6. The Morgan fingerprint density at radius 3 is 2.61 bits per heavy atom. The Bertz CT molecular complexity index is 1240. The molecule has 1 saturated carbocycles. The zero-order valence-corrected chi connectivity index (χ0v) is 19.7. The molecule has 1 aliphatic rings. The van der Waals surface area contributed by atoms with Crippen LogP contribution in [0.3, 0.4) is 0 Å². The van der Waals surface area contributed by atoms with E-state index in [-0.39, 0.29) is 29.0 Å². The van der Waals surface area contributed by atoms with Gasteiger partial charge in [-0.2, -0.15) is 0 Å². The highest BCUT2D eigenvalue weighted by atomic mass is 32.1. The number of fused-ring (bicyclic) bond motifs is 1. The van der Waals surface area contributed by atoms with E-state index in [0.29, 0.717) is 41.2 Å². The molecule has 0 radical (unpaired) electrons. The topological polar surface area (TPSA) is 102 Å². The summed E-state index contributed by atoms with van der Waals surface area (Å²) in [6.45, 7) is 0.954. The molecule has 2 N–H and O–H groups in total. The number of aromatic amines is 1. The molecule has 2 heterocycles. The van der Waals surface area contributed by atoms with E-state index in [4.69, 9.17) is 9.47 Å². The molecule has 2 aromatic heterocycles. The lowest BCUT2D eigenvalue weighted by atomic mass is 9.81. The summed E-state index contributed by atoms with van der Waals surface area (Å²) in [7, 11) is 3.21. The number of methoxy groups -OCH3 is 2. The summed E-state index contributed by atoms with van der Waals surface area (Å²) in [5.41, 5.74) is 1.08. The number of thiophene rings is 1. The van der Waals surface area contributed by atoms with Crippen molar-refractivity contribution in [3.05, 3.63) is 56.0 Å². The normalized spacial score (nSPS) is 18.2. The second kappa shape index (κ2) is 10.2. The third-order valence-corrected chi connectivity index (χ3v) is 7.31. The average molecular weight is 472 g/mol. The SMILES string of the molecule is COc1ccc(CCNC(=O)C2CCC(Cn3c(=O)[nH]c4ccsc4c3=O)CC2)cc1OC. The van der Waals surface area contributed by atoms with Gasteiger partial charge in [0, 0.05) is 19.0 Å². The van der Waals surface area contributed by atoms with Crippen molar-refractivity contribution in [3.63, 3.8) is 0 Å². The number of nitrogens with one attached hydrogen (secondary N) is 2. The van der Waals surface area contributed by atoms with Crippen LogP contribution < -0.4 is 26.0 Å². The monoisotopic (exact) mass is 471 g/mol. The van der Waals surface area contributed by atoms with Gasteiger partial charge in [0.15, 0.2) is 11.5 Å². The van der Waals surface area contributed by atoms with Crippen LogP contribution in [0, 0.1) is 11.8 Å². The molecule has 8 nitrogen and oxygen atoms in total. The van der Waals surface area contributed by atoms with Crippen molar-refractivity contribution in [3.8, 4) is 11.5 Å². The zero-order chi connectivity index (χ0) is 23.4. The smallest absolute Gasteiger partial charge is 0.328 e. The number of hydrogen-bond donors (Lipinski definition) is 2. The second-order valence-corrected chi connectivity index (χ2v) is 9.37. The molecule has 0 saturated heterocycles. The second-order valence-electron chi connectivity index (χ2n) is 8.46. The van der Waals surface area contributed by atoms with Crippen molar-refractivity contribution in [2.75, 3.05) is 20.8 Å². The highest BCUT2D eigenvalue weighted by Gasteiger charge is 2.27. The molecule has 0 unspecified atom stereocenters. The maximum Gasteiger partial charge on any atom is 0.328 e. The molecule has 0 aliphatic heterocycles. The summed E-state index contributed by atoms with van der Waals surface area (Å²) in [6.07, 6.45) is 3.88. The fourth-order valence-electron chi connectivity index (χ4n) is 4.51. The first-order valence-electron chi connectivity index (χ1n) is 11.2. The van der Waals surface area contributed by atoms with E-state index < -0.39 is 0 Å². The molecule has 33 heavy (non-hydrogen) atoms. The number of ether oxygens (including phenoxy) is 2. The molecule has 0 bridgehead atoms. The van der Waals surface area contributed by atoms with Crippen LogP contribution >= 0.6 is 11.3 Å². The molecule has 1 aromatic carbocycles. The Morgan fingerprint density at radius 1 is 1.12 bits per heavy atom. The number of carbonyl (C=O) groups is 1. The van der Waals surface area contributed by atoms with E-state index in [1.165, 1.54) is 15.9 Å². The van der Waals surface area contributed by atoms with Gasteiger partial charge in [-0.05, 0) is 67.2 Å². The molecular weight excluding hydrogens is 442 g/mol.